The number of fused-ring (bicyclic) bond motifs is 1. The molecule has 1 aromatic heterocycles. The van der Waals surface area contributed by atoms with Gasteiger partial charge < -0.3 is 9.72 Å². The fourth-order valence-electron chi connectivity index (χ4n) is 2.26. The van der Waals surface area contributed by atoms with Crippen LogP contribution >= 0.6 is 0 Å². The maximum atomic E-state index is 12.0. The van der Waals surface area contributed by atoms with Gasteiger partial charge in [0.2, 0.25) is 5.95 Å². The summed E-state index contributed by atoms with van der Waals surface area (Å²) in [6.07, 6.45) is 0.862. The number of para-hydroxylation sites is 3. The highest BCUT2D eigenvalue weighted by atomic mass is 16.5. The number of amides is 1. The zero-order valence-corrected chi connectivity index (χ0v) is 12.3. The third-order valence-corrected chi connectivity index (χ3v) is 3.36. The number of ether oxygens (including phenoxy) is 1. The highest BCUT2D eigenvalue weighted by Crippen LogP contribution is 2.18. The zero-order valence-electron chi connectivity index (χ0n) is 12.3. The van der Waals surface area contributed by atoms with Crippen molar-refractivity contribution in [3.8, 4) is 5.75 Å². The molecule has 0 aliphatic carbocycles. The first-order valence-electron chi connectivity index (χ1n) is 7.21. The van der Waals surface area contributed by atoms with E-state index in [0.29, 0.717) is 5.95 Å². The van der Waals surface area contributed by atoms with E-state index in [-0.39, 0.29) is 12.5 Å². The smallest absolute Gasteiger partial charge is 0.264 e. The van der Waals surface area contributed by atoms with Crippen LogP contribution < -0.4 is 10.1 Å². The molecule has 2 aromatic carbocycles. The van der Waals surface area contributed by atoms with E-state index in [1.165, 1.54) is 0 Å². The number of benzene rings is 2. The average molecular weight is 295 g/mol. The summed E-state index contributed by atoms with van der Waals surface area (Å²) in [7, 11) is 0. The molecular weight excluding hydrogens is 278 g/mol. The summed E-state index contributed by atoms with van der Waals surface area (Å²) >= 11 is 0. The summed E-state index contributed by atoms with van der Waals surface area (Å²) in [5, 5.41) is 2.71. The first-order valence-corrected chi connectivity index (χ1v) is 7.21. The number of H-pyrrole nitrogens is 1. The number of aromatic nitrogens is 2. The van der Waals surface area contributed by atoms with Crippen LogP contribution in [-0.2, 0) is 11.2 Å². The van der Waals surface area contributed by atoms with Gasteiger partial charge in [0.25, 0.3) is 5.91 Å². The largest absolute Gasteiger partial charge is 0.483 e. The van der Waals surface area contributed by atoms with Crippen LogP contribution in [0.15, 0.2) is 48.5 Å². The molecule has 3 aromatic rings. The zero-order chi connectivity index (χ0) is 15.4. The molecule has 0 saturated heterocycles. The Bertz CT molecular complexity index is 762. The first-order chi connectivity index (χ1) is 10.8. The van der Waals surface area contributed by atoms with Crippen LogP contribution in [0.1, 0.15) is 12.5 Å². The summed E-state index contributed by atoms with van der Waals surface area (Å²) in [4.78, 5) is 19.3. The highest BCUT2D eigenvalue weighted by molar-refractivity contribution is 5.92. The molecule has 0 atom stereocenters. The molecule has 5 heteroatoms. The number of carbonyl (C=O) groups excluding carboxylic acids is 1. The van der Waals surface area contributed by atoms with Crippen molar-refractivity contribution in [2.24, 2.45) is 0 Å². The summed E-state index contributed by atoms with van der Waals surface area (Å²) < 4.78 is 5.58. The van der Waals surface area contributed by atoms with Crippen LogP contribution in [0, 0.1) is 0 Å². The number of aryl methyl sites for hydroxylation is 1. The van der Waals surface area contributed by atoms with Gasteiger partial charge in [0.05, 0.1) is 11.0 Å². The van der Waals surface area contributed by atoms with E-state index in [1.54, 1.807) is 0 Å². The lowest BCUT2D eigenvalue weighted by molar-refractivity contribution is -0.118. The molecule has 2 N–H and O–H groups in total. The van der Waals surface area contributed by atoms with Crippen molar-refractivity contribution < 1.29 is 9.53 Å². The minimum absolute atomic E-state index is 0.0476. The summed E-state index contributed by atoms with van der Waals surface area (Å²) in [5.41, 5.74) is 2.78. The van der Waals surface area contributed by atoms with E-state index in [2.05, 4.69) is 22.2 Å². The van der Waals surface area contributed by atoms with Crippen molar-refractivity contribution in [3.63, 3.8) is 0 Å². The van der Waals surface area contributed by atoms with Gasteiger partial charge in [0.15, 0.2) is 6.61 Å². The van der Waals surface area contributed by atoms with E-state index < -0.39 is 0 Å². The number of hydrogen-bond donors (Lipinski definition) is 2. The fraction of sp³-hybridized carbons (Fsp3) is 0.176. The Balaban J connectivity index is 1.62. The molecule has 1 amide bonds. The molecule has 3 rings (SSSR count). The number of anilines is 1. The second-order valence-electron chi connectivity index (χ2n) is 4.90. The third-order valence-electron chi connectivity index (χ3n) is 3.36. The standard InChI is InChI=1S/C17H17N3O2/c1-2-12-7-3-6-10-15(12)22-11-16(21)20-17-18-13-8-4-5-9-14(13)19-17/h3-10H,2,11H2,1H3,(H2,18,19,20,21). The SMILES string of the molecule is CCc1ccccc1OCC(=O)Nc1nc2ccccc2[nH]1. The normalized spacial score (nSPS) is 10.6. The maximum Gasteiger partial charge on any atom is 0.264 e. The van der Waals surface area contributed by atoms with E-state index in [9.17, 15) is 4.79 Å². The van der Waals surface area contributed by atoms with Crippen LogP contribution in [0.2, 0.25) is 0 Å². The van der Waals surface area contributed by atoms with E-state index in [4.69, 9.17) is 4.74 Å². The maximum absolute atomic E-state index is 12.0. The fourth-order valence-corrected chi connectivity index (χ4v) is 2.26. The number of rotatable bonds is 5. The summed E-state index contributed by atoms with van der Waals surface area (Å²) in [6.45, 7) is 2.00. The molecular formula is C17H17N3O2. The average Bonchev–Trinajstić information content (AvgIpc) is 2.95. The molecule has 22 heavy (non-hydrogen) atoms. The predicted octanol–water partition coefficient (Wildman–Crippen LogP) is 3.14. The Hall–Kier alpha value is -2.82. The van der Waals surface area contributed by atoms with Crippen LogP contribution in [0.3, 0.4) is 0 Å². The number of imidazole rings is 1. The van der Waals surface area contributed by atoms with Crippen LogP contribution in [0.5, 0.6) is 5.75 Å². The number of nitrogens with zero attached hydrogens (tertiary/aromatic N) is 1. The molecule has 1 heterocycles. The number of carbonyl (C=O) groups is 1. The lowest BCUT2D eigenvalue weighted by Gasteiger charge is -2.09. The van der Waals surface area contributed by atoms with Gasteiger partial charge in [-0.2, -0.15) is 0 Å². The quantitative estimate of drug-likeness (QED) is 0.760. The van der Waals surface area contributed by atoms with E-state index in [1.807, 2.05) is 48.5 Å². The number of hydrogen-bond acceptors (Lipinski definition) is 3. The molecule has 0 fully saturated rings. The van der Waals surface area contributed by atoms with Gasteiger partial charge in [-0.3, -0.25) is 10.1 Å². The van der Waals surface area contributed by atoms with Gasteiger partial charge in [0, 0.05) is 0 Å². The van der Waals surface area contributed by atoms with Gasteiger partial charge >= 0.3 is 0 Å². The molecule has 5 nitrogen and oxygen atoms in total. The monoisotopic (exact) mass is 295 g/mol. The summed E-state index contributed by atoms with van der Waals surface area (Å²) in [6, 6.07) is 15.3. The Morgan fingerprint density at radius 3 is 2.77 bits per heavy atom. The molecule has 0 spiro atoms. The van der Waals surface area contributed by atoms with Crippen molar-refractivity contribution in [2.75, 3.05) is 11.9 Å². The lowest BCUT2D eigenvalue weighted by atomic mass is 10.1. The van der Waals surface area contributed by atoms with Crippen LogP contribution in [-0.4, -0.2) is 22.5 Å². The number of aromatic amines is 1. The van der Waals surface area contributed by atoms with Gasteiger partial charge in [0.1, 0.15) is 5.75 Å². The van der Waals surface area contributed by atoms with Gasteiger partial charge in [-0.1, -0.05) is 37.3 Å². The Kier molecular flexibility index (Phi) is 4.05. The molecule has 0 aliphatic rings. The first kappa shape index (κ1) is 14.1. The van der Waals surface area contributed by atoms with E-state index in [0.717, 1.165) is 28.8 Å². The Labute approximate surface area is 128 Å². The predicted molar refractivity (Wildman–Crippen MR) is 86.0 cm³/mol. The molecule has 0 saturated carbocycles. The van der Waals surface area contributed by atoms with Crippen LogP contribution in [0.25, 0.3) is 11.0 Å². The molecule has 0 unspecified atom stereocenters. The van der Waals surface area contributed by atoms with Gasteiger partial charge in [-0.05, 0) is 30.2 Å². The van der Waals surface area contributed by atoms with Crippen molar-refractivity contribution in [1.82, 2.24) is 9.97 Å². The van der Waals surface area contributed by atoms with Crippen molar-refractivity contribution in [3.05, 3.63) is 54.1 Å². The third kappa shape index (κ3) is 3.09. The Morgan fingerprint density at radius 2 is 1.95 bits per heavy atom. The minimum atomic E-state index is -0.245. The lowest BCUT2D eigenvalue weighted by Crippen LogP contribution is -2.21. The van der Waals surface area contributed by atoms with Crippen molar-refractivity contribution in [2.45, 2.75) is 13.3 Å². The van der Waals surface area contributed by atoms with Gasteiger partial charge in [-0.25, -0.2) is 4.98 Å². The summed E-state index contributed by atoms with van der Waals surface area (Å²) in [5.74, 6) is 0.924. The number of nitrogens with one attached hydrogen (secondary N) is 2. The van der Waals surface area contributed by atoms with Crippen molar-refractivity contribution in [1.29, 1.82) is 0 Å². The minimum Gasteiger partial charge on any atom is -0.483 e. The molecule has 0 radical (unpaired) electrons. The topological polar surface area (TPSA) is 67.0 Å². The highest BCUT2D eigenvalue weighted by Gasteiger charge is 2.08. The Morgan fingerprint density at radius 1 is 1.18 bits per heavy atom. The second-order valence-corrected chi connectivity index (χ2v) is 4.90. The second kappa shape index (κ2) is 6.30. The molecule has 0 aliphatic heterocycles. The van der Waals surface area contributed by atoms with Gasteiger partial charge in [-0.15, -0.1) is 0 Å². The van der Waals surface area contributed by atoms with Crippen molar-refractivity contribution >= 4 is 22.9 Å². The van der Waals surface area contributed by atoms with Crippen LogP contribution in [0.4, 0.5) is 5.95 Å². The molecule has 112 valence electrons. The molecule has 0 bridgehead atoms. The van der Waals surface area contributed by atoms with E-state index >= 15 is 0 Å².